The van der Waals surface area contributed by atoms with Crippen LogP contribution in [0.1, 0.15) is 12.0 Å². The topological polar surface area (TPSA) is 26.3 Å². The van der Waals surface area contributed by atoms with Gasteiger partial charge in [0.15, 0.2) is 0 Å². The highest BCUT2D eigenvalue weighted by molar-refractivity contribution is 5.91. The number of hydrogen-bond acceptors (Lipinski definition) is 2. The first kappa shape index (κ1) is 7.98. The molecule has 0 unspecified atom stereocenters. The normalized spacial score (nSPS) is 18.2. The van der Waals surface area contributed by atoms with Crippen molar-refractivity contribution in [3.05, 3.63) is 36.2 Å². The largest absolute Gasteiger partial charge is 0.426 e. The van der Waals surface area contributed by atoms with E-state index in [0.29, 0.717) is 23.2 Å². The molecule has 1 aliphatic heterocycles. The summed E-state index contributed by atoms with van der Waals surface area (Å²) in [5, 5.41) is 0. The van der Waals surface area contributed by atoms with Crippen LogP contribution in [0.3, 0.4) is 0 Å². The van der Waals surface area contributed by atoms with E-state index in [9.17, 15) is 9.18 Å². The molecule has 0 N–H and O–H groups in total. The molecule has 13 heavy (non-hydrogen) atoms. The Morgan fingerprint density at radius 2 is 2.15 bits per heavy atom. The number of benzene rings is 1. The fraction of sp³-hybridized carbons (Fsp3) is 0.100. The maximum atomic E-state index is 12.4. The second-order valence-corrected chi connectivity index (χ2v) is 2.78. The van der Waals surface area contributed by atoms with Crippen LogP contribution in [0.4, 0.5) is 4.39 Å². The molecule has 1 aromatic carbocycles. The van der Waals surface area contributed by atoms with Gasteiger partial charge in [0, 0.05) is 11.1 Å². The van der Waals surface area contributed by atoms with E-state index in [1.807, 2.05) is 0 Å². The Kier molecular flexibility index (Phi) is 1.85. The standard InChI is InChI=1S/C10H7FO2/c11-6-7-5-10(12)13-9-4-2-1-3-8(7)9/h1-4,6H,5H2/b7-6+. The predicted octanol–water partition coefficient (Wildman–Crippen LogP) is 2.31. The van der Waals surface area contributed by atoms with Gasteiger partial charge in [0.1, 0.15) is 5.75 Å². The molecule has 0 bridgehead atoms. The van der Waals surface area contributed by atoms with Gasteiger partial charge in [-0.05, 0) is 6.07 Å². The van der Waals surface area contributed by atoms with Crippen molar-refractivity contribution in [1.29, 1.82) is 0 Å². The zero-order valence-corrected chi connectivity index (χ0v) is 6.79. The molecule has 2 rings (SSSR count). The highest BCUT2D eigenvalue weighted by Gasteiger charge is 2.20. The maximum absolute atomic E-state index is 12.4. The van der Waals surface area contributed by atoms with Gasteiger partial charge in [-0.25, -0.2) is 4.39 Å². The summed E-state index contributed by atoms with van der Waals surface area (Å²) in [6.45, 7) is 0. The van der Waals surface area contributed by atoms with Crippen LogP contribution in [-0.2, 0) is 4.79 Å². The number of fused-ring (bicyclic) bond motifs is 1. The number of rotatable bonds is 0. The quantitative estimate of drug-likeness (QED) is 0.450. The monoisotopic (exact) mass is 178 g/mol. The first-order chi connectivity index (χ1) is 6.31. The molecule has 3 heteroatoms. The second kappa shape index (κ2) is 3.01. The van der Waals surface area contributed by atoms with E-state index in [2.05, 4.69) is 0 Å². The Balaban J connectivity index is 2.55. The molecule has 2 nitrogen and oxygen atoms in total. The van der Waals surface area contributed by atoms with Gasteiger partial charge in [0.05, 0.1) is 12.8 Å². The van der Waals surface area contributed by atoms with Gasteiger partial charge in [-0.3, -0.25) is 4.79 Å². The fourth-order valence-corrected chi connectivity index (χ4v) is 1.33. The van der Waals surface area contributed by atoms with Crippen molar-refractivity contribution in [2.75, 3.05) is 0 Å². The smallest absolute Gasteiger partial charge is 0.315 e. The molecule has 0 fully saturated rings. The van der Waals surface area contributed by atoms with E-state index in [4.69, 9.17) is 4.74 Å². The van der Waals surface area contributed by atoms with Gasteiger partial charge in [0.2, 0.25) is 0 Å². The lowest BCUT2D eigenvalue weighted by Crippen LogP contribution is -2.14. The zero-order valence-electron chi connectivity index (χ0n) is 6.79. The van der Waals surface area contributed by atoms with Crippen molar-refractivity contribution < 1.29 is 13.9 Å². The highest BCUT2D eigenvalue weighted by atomic mass is 19.1. The first-order valence-electron chi connectivity index (χ1n) is 3.90. The molecule has 0 atom stereocenters. The van der Waals surface area contributed by atoms with Crippen molar-refractivity contribution >= 4 is 11.5 Å². The van der Waals surface area contributed by atoms with Gasteiger partial charge in [-0.2, -0.15) is 0 Å². The molecule has 0 aromatic heterocycles. The van der Waals surface area contributed by atoms with E-state index in [1.54, 1.807) is 24.3 Å². The Morgan fingerprint density at radius 3 is 2.92 bits per heavy atom. The van der Waals surface area contributed by atoms with E-state index >= 15 is 0 Å². The van der Waals surface area contributed by atoms with E-state index in [0.717, 1.165) is 0 Å². The minimum absolute atomic E-state index is 0.00745. The van der Waals surface area contributed by atoms with Gasteiger partial charge in [0.25, 0.3) is 0 Å². The van der Waals surface area contributed by atoms with Crippen molar-refractivity contribution in [2.24, 2.45) is 0 Å². The number of carbonyl (C=O) groups is 1. The number of carbonyl (C=O) groups excluding carboxylic acids is 1. The lowest BCUT2D eigenvalue weighted by Gasteiger charge is -2.16. The van der Waals surface area contributed by atoms with E-state index in [-0.39, 0.29) is 6.42 Å². The summed E-state index contributed by atoms with van der Waals surface area (Å²) in [5.41, 5.74) is 1.04. The van der Waals surface area contributed by atoms with Crippen LogP contribution in [0.25, 0.3) is 5.57 Å². The van der Waals surface area contributed by atoms with Gasteiger partial charge >= 0.3 is 5.97 Å². The lowest BCUT2D eigenvalue weighted by molar-refractivity contribution is -0.133. The van der Waals surface area contributed by atoms with Crippen molar-refractivity contribution in [2.45, 2.75) is 6.42 Å². The zero-order chi connectivity index (χ0) is 9.26. The summed E-state index contributed by atoms with van der Waals surface area (Å²) in [6.07, 6.45) is 0.465. The predicted molar refractivity (Wildman–Crippen MR) is 45.8 cm³/mol. The second-order valence-electron chi connectivity index (χ2n) is 2.78. The summed E-state index contributed by atoms with van der Waals surface area (Å²) < 4.78 is 17.3. The third-order valence-corrected chi connectivity index (χ3v) is 1.92. The number of para-hydroxylation sites is 1. The van der Waals surface area contributed by atoms with Crippen LogP contribution in [0.5, 0.6) is 5.75 Å². The highest BCUT2D eigenvalue weighted by Crippen LogP contribution is 2.32. The third kappa shape index (κ3) is 1.33. The van der Waals surface area contributed by atoms with Gasteiger partial charge in [-0.1, -0.05) is 18.2 Å². The minimum Gasteiger partial charge on any atom is -0.426 e. The Bertz CT molecular complexity index is 382. The summed E-state index contributed by atoms with van der Waals surface area (Å²) in [5.74, 6) is 0.0188. The van der Waals surface area contributed by atoms with Crippen LogP contribution in [-0.4, -0.2) is 5.97 Å². The molecule has 0 amide bonds. The van der Waals surface area contributed by atoms with Crippen LogP contribution in [0.15, 0.2) is 30.6 Å². The molecule has 1 aliphatic rings. The summed E-state index contributed by atoms with van der Waals surface area (Å²) in [7, 11) is 0. The Hall–Kier alpha value is -1.64. The molecular formula is C10H7FO2. The van der Waals surface area contributed by atoms with Crippen LogP contribution in [0, 0.1) is 0 Å². The number of hydrogen-bond donors (Lipinski definition) is 0. The lowest BCUT2D eigenvalue weighted by atomic mass is 10.0. The molecule has 66 valence electrons. The average Bonchev–Trinajstić information content (AvgIpc) is 2.16. The van der Waals surface area contributed by atoms with Crippen LogP contribution >= 0.6 is 0 Å². The SMILES string of the molecule is O=C1C/C(=C\F)c2ccccc2O1. The molecule has 0 radical (unpaired) electrons. The van der Waals surface area contributed by atoms with E-state index in [1.165, 1.54) is 0 Å². The molecule has 0 saturated heterocycles. The molecule has 0 saturated carbocycles. The molecular weight excluding hydrogens is 171 g/mol. The summed E-state index contributed by atoms with van der Waals surface area (Å²) >= 11 is 0. The number of ether oxygens (including phenoxy) is 1. The van der Waals surface area contributed by atoms with Gasteiger partial charge in [-0.15, -0.1) is 0 Å². The van der Waals surface area contributed by atoms with E-state index < -0.39 is 5.97 Å². The molecule has 1 aromatic rings. The fourth-order valence-electron chi connectivity index (χ4n) is 1.33. The number of esters is 1. The molecule has 1 heterocycles. The first-order valence-corrected chi connectivity index (χ1v) is 3.90. The third-order valence-electron chi connectivity index (χ3n) is 1.92. The maximum Gasteiger partial charge on any atom is 0.315 e. The van der Waals surface area contributed by atoms with Crippen molar-refractivity contribution in [1.82, 2.24) is 0 Å². The minimum atomic E-state index is -0.414. The van der Waals surface area contributed by atoms with Crippen molar-refractivity contribution in [3.63, 3.8) is 0 Å². The summed E-state index contributed by atoms with van der Waals surface area (Å²) in [4.78, 5) is 11.0. The summed E-state index contributed by atoms with van der Waals surface area (Å²) in [6, 6.07) is 6.90. The Labute approximate surface area is 74.6 Å². The van der Waals surface area contributed by atoms with Crippen LogP contribution in [0.2, 0.25) is 0 Å². The van der Waals surface area contributed by atoms with Crippen LogP contribution < -0.4 is 4.74 Å². The average molecular weight is 178 g/mol. The molecule has 0 spiro atoms. The Morgan fingerprint density at radius 1 is 1.38 bits per heavy atom. The number of halogens is 1. The van der Waals surface area contributed by atoms with Crippen molar-refractivity contribution in [3.8, 4) is 5.75 Å². The molecule has 0 aliphatic carbocycles. The van der Waals surface area contributed by atoms with Gasteiger partial charge < -0.3 is 4.74 Å².